The van der Waals surface area contributed by atoms with Crippen LogP contribution in [0.25, 0.3) is 0 Å². The van der Waals surface area contributed by atoms with E-state index in [1.54, 1.807) is 0 Å². The first-order valence-corrected chi connectivity index (χ1v) is 9.26. The first-order valence-electron chi connectivity index (χ1n) is 7.82. The van der Waals surface area contributed by atoms with Crippen molar-refractivity contribution in [2.75, 3.05) is 19.6 Å². The highest BCUT2D eigenvalue weighted by Gasteiger charge is 2.35. The second kappa shape index (κ2) is 6.30. The van der Waals surface area contributed by atoms with Crippen molar-refractivity contribution in [2.24, 2.45) is 0 Å². The molecule has 0 aliphatic carbocycles. The lowest BCUT2D eigenvalue weighted by Gasteiger charge is -2.36. The molecule has 7 heteroatoms. The number of carbonyl (C=O) groups is 1. The Kier molecular flexibility index (Phi) is 4.37. The van der Waals surface area contributed by atoms with Crippen molar-refractivity contribution < 1.29 is 13.2 Å². The highest BCUT2D eigenvalue weighted by atomic mass is 32.2. The van der Waals surface area contributed by atoms with Gasteiger partial charge in [-0.2, -0.15) is 9.57 Å². The van der Waals surface area contributed by atoms with Crippen LogP contribution in [0.15, 0.2) is 29.2 Å². The third kappa shape index (κ3) is 3.09. The zero-order chi connectivity index (χ0) is 16.4. The van der Waals surface area contributed by atoms with Gasteiger partial charge < -0.3 is 4.90 Å². The van der Waals surface area contributed by atoms with Gasteiger partial charge >= 0.3 is 0 Å². The minimum Gasteiger partial charge on any atom is -0.338 e. The molecule has 1 aromatic carbocycles. The van der Waals surface area contributed by atoms with E-state index in [9.17, 15) is 13.2 Å². The van der Waals surface area contributed by atoms with Gasteiger partial charge in [-0.25, -0.2) is 8.42 Å². The predicted molar refractivity (Wildman–Crippen MR) is 83.9 cm³/mol. The van der Waals surface area contributed by atoms with Crippen molar-refractivity contribution in [1.82, 2.24) is 9.21 Å². The summed E-state index contributed by atoms with van der Waals surface area (Å²) in [7, 11) is -3.58. The number of likely N-dealkylation sites (tertiary alicyclic amines) is 1. The molecule has 2 fully saturated rings. The van der Waals surface area contributed by atoms with Crippen LogP contribution in [0.1, 0.15) is 31.2 Å². The summed E-state index contributed by atoms with van der Waals surface area (Å²) >= 11 is 0. The minimum absolute atomic E-state index is 0.0214. The van der Waals surface area contributed by atoms with Crippen LogP contribution in [0, 0.1) is 11.3 Å². The van der Waals surface area contributed by atoms with E-state index in [-0.39, 0.29) is 16.8 Å². The molecule has 0 saturated carbocycles. The molecule has 2 aliphatic rings. The van der Waals surface area contributed by atoms with Crippen LogP contribution in [0.5, 0.6) is 0 Å². The molecule has 2 heterocycles. The van der Waals surface area contributed by atoms with Crippen LogP contribution in [0.3, 0.4) is 0 Å². The monoisotopic (exact) mass is 333 g/mol. The van der Waals surface area contributed by atoms with E-state index in [0.717, 1.165) is 25.8 Å². The SMILES string of the molecule is N#Cc1ccc(S(=O)(=O)N2CCC[C@H](N3CCCC3=O)C2)cc1. The summed E-state index contributed by atoms with van der Waals surface area (Å²) < 4.78 is 27.0. The summed E-state index contributed by atoms with van der Waals surface area (Å²) in [5.74, 6) is 0.132. The number of nitriles is 1. The number of benzene rings is 1. The van der Waals surface area contributed by atoms with Crippen LogP contribution >= 0.6 is 0 Å². The normalized spacial score (nSPS) is 23.0. The highest BCUT2D eigenvalue weighted by Crippen LogP contribution is 2.25. The molecule has 2 saturated heterocycles. The third-order valence-corrected chi connectivity index (χ3v) is 6.41. The molecular weight excluding hydrogens is 314 g/mol. The van der Waals surface area contributed by atoms with Gasteiger partial charge in [0, 0.05) is 32.1 Å². The van der Waals surface area contributed by atoms with E-state index in [0.29, 0.717) is 25.1 Å². The molecule has 1 amide bonds. The van der Waals surface area contributed by atoms with Gasteiger partial charge in [-0.1, -0.05) is 0 Å². The maximum atomic E-state index is 12.8. The summed E-state index contributed by atoms with van der Waals surface area (Å²) in [5.41, 5.74) is 0.433. The van der Waals surface area contributed by atoms with Gasteiger partial charge in [-0.15, -0.1) is 0 Å². The van der Waals surface area contributed by atoms with E-state index in [2.05, 4.69) is 0 Å². The van der Waals surface area contributed by atoms with Gasteiger partial charge in [0.2, 0.25) is 15.9 Å². The predicted octanol–water partition coefficient (Wildman–Crippen LogP) is 1.33. The van der Waals surface area contributed by atoms with E-state index >= 15 is 0 Å². The number of carbonyl (C=O) groups excluding carboxylic acids is 1. The Morgan fingerprint density at radius 3 is 2.48 bits per heavy atom. The van der Waals surface area contributed by atoms with Gasteiger partial charge in [0.15, 0.2) is 0 Å². The molecule has 0 radical (unpaired) electrons. The third-order valence-electron chi connectivity index (χ3n) is 4.53. The first kappa shape index (κ1) is 16.0. The molecule has 0 aromatic heterocycles. The molecule has 122 valence electrons. The van der Waals surface area contributed by atoms with Crippen molar-refractivity contribution in [2.45, 2.75) is 36.6 Å². The smallest absolute Gasteiger partial charge is 0.243 e. The number of hydrogen-bond acceptors (Lipinski definition) is 4. The Morgan fingerprint density at radius 2 is 1.87 bits per heavy atom. The molecule has 3 rings (SSSR count). The van der Waals surface area contributed by atoms with Crippen molar-refractivity contribution in [3.05, 3.63) is 29.8 Å². The van der Waals surface area contributed by atoms with Crippen molar-refractivity contribution in [3.63, 3.8) is 0 Å². The largest absolute Gasteiger partial charge is 0.338 e. The molecule has 1 atom stereocenters. The van der Waals surface area contributed by atoms with Crippen molar-refractivity contribution in [1.29, 1.82) is 5.26 Å². The van der Waals surface area contributed by atoms with Crippen LogP contribution in [0.4, 0.5) is 0 Å². The second-order valence-corrected chi connectivity index (χ2v) is 7.92. The lowest BCUT2D eigenvalue weighted by Crippen LogP contribution is -2.50. The zero-order valence-corrected chi connectivity index (χ0v) is 13.6. The maximum Gasteiger partial charge on any atom is 0.243 e. The number of amides is 1. The summed E-state index contributed by atoms with van der Waals surface area (Å²) in [6.07, 6.45) is 3.03. The van der Waals surface area contributed by atoms with Gasteiger partial charge in [-0.05, 0) is 43.5 Å². The molecular formula is C16H19N3O3S. The molecule has 2 aliphatic heterocycles. The van der Waals surface area contributed by atoms with Crippen LogP contribution in [-0.2, 0) is 14.8 Å². The summed E-state index contributed by atoms with van der Waals surface area (Å²) in [4.78, 5) is 13.9. The molecule has 0 N–H and O–H groups in total. The van der Waals surface area contributed by atoms with Crippen LogP contribution in [-0.4, -0.2) is 49.2 Å². The number of hydrogen-bond donors (Lipinski definition) is 0. The van der Waals surface area contributed by atoms with Crippen LogP contribution in [0.2, 0.25) is 0 Å². The van der Waals surface area contributed by atoms with Gasteiger partial charge in [-0.3, -0.25) is 4.79 Å². The number of nitrogens with zero attached hydrogens (tertiary/aromatic N) is 3. The summed E-state index contributed by atoms with van der Waals surface area (Å²) in [6.45, 7) is 1.56. The molecule has 23 heavy (non-hydrogen) atoms. The zero-order valence-electron chi connectivity index (χ0n) is 12.8. The fourth-order valence-corrected chi connectivity index (χ4v) is 4.82. The topological polar surface area (TPSA) is 81.5 Å². The van der Waals surface area contributed by atoms with Crippen molar-refractivity contribution in [3.8, 4) is 6.07 Å². The van der Waals surface area contributed by atoms with Gasteiger partial charge in [0.25, 0.3) is 0 Å². The first-order chi connectivity index (χ1) is 11.0. The Balaban J connectivity index is 1.79. The summed E-state index contributed by atoms with van der Waals surface area (Å²) in [5, 5.41) is 8.81. The Hall–Kier alpha value is -1.91. The standard InChI is InChI=1S/C16H19N3O3S/c17-11-13-5-7-15(8-6-13)23(21,22)18-9-1-3-14(12-18)19-10-2-4-16(19)20/h5-8,14H,1-4,9-10,12H2/t14-/m0/s1. The number of piperidine rings is 1. The van der Waals surface area contributed by atoms with E-state index in [4.69, 9.17) is 5.26 Å². The average molecular weight is 333 g/mol. The Labute approximate surface area is 136 Å². The van der Waals surface area contributed by atoms with E-state index in [1.807, 2.05) is 11.0 Å². The Bertz CT molecular complexity index is 737. The molecule has 0 bridgehead atoms. The number of sulfonamides is 1. The molecule has 0 unspecified atom stereocenters. The lowest BCUT2D eigenvalue weighted by molar-refractivity contribution is -0.130. The molecule has 0 spiro atoms. The Morgan fingerprint density at radius 1 is 1.13 bits per heavy atom. The van der Waals surface area contributed by atoms with Crippen molar-refractivity contribution >= 4 is 15.9 Å². The maximum absolute atomic E-state index is 12.8. The average Bonchev–Trinajstić information content (AvgIpc) is 3.01. The summed E-state index contributed by atoms with van der Waals surface area (Å²) in [6, 6.07) is 7.93. The lowest BCUT2D eigenvalue weighted by atomic mass is 10.1. The van der Waals surface area contributed by atoms with E-state index < -0.39 is 10.0 Å². The quantitative estimate of drug-likeness (QED) is 0.836. The fourth-order valence-electron chi connectivity index (χ4n) is 3.30. The number of rotatable bonds is 3. The molecule has 1 aromatic rings. The van der Waals surface area contributed by atoms with E-state index in [1.165, 1.54) is 28.6 Å². The van der Waals surface area contributed by atoms with Crippen LogP contribution < -0.4 is 0 Å². The fraction of sp³-hybridized carbons (Fsp3) is 0.500. The second-order valence-electron chi connectivity index (χ2n) is 5.99. The highest BCUT2D eigenvalue weighted by molar-refractivity contribution is 7.89. The minimum atomic E-state index is -3.58. The van der Waals surface area contributed by atoms with Gasteiger partial charge in [0.05, 0.1) is 16.5 Å². The molecule has 6 nitrogen and oxygen atoms in total. The van der Waals surface area contributed by atoms with Gasteiger partial charge in [0.1, 0.15) is 0 Å².